The van der Waals surface area contributed by atoms with E-state index in [0.717, 1.165) is 6.07 Å². The van der Waals surface area contributed by atoms with Crippen LogP contribution in [0.15, 0.2) is 23.3 Å². The van der Waals surface area contributed by atoms with Crippen molar-refractivity contribution in [2.45, 2.75) is 0 Å². The number of carbonyl (C=O) groups excluding carboxylic acids is 1. The van der Waals surface area contributed by atoms with E-state index in [1.807, 2.05) is 0 Å². The highest BCUT2D eigenvalue weighted by atomic mass is 16.6. The third kappa shape index (κ3) is 2.70. The summed E-state index contributed by atoms with van der Waals surface area (Å²) >= 11 is 0. The Hall–Kier alpha value is -2.60. The third-order valence-electron chi connectivity index (χ3n) is 2.04. The average molecular weight is 235 g/mol. The molecule has 1 aromatic rings. The zero-order valence-electron chi connectivity index (χ0n) is 9.19. The van der Waals surface area contributed by atoms with E-state index in [-0.39, 0.29) is 11.3 Å². The van der Waals surface area contributed by atoms with E-state index >= 15 is 0 Å². The summed E-state index contributed by atoms with van der Waals surface area (Å²) in [6, 6.07) is 3.80. The second kappa shape index (κ2) is 4.95. The van der Waals surface area contributed by atoms with E-state index in [4.69, 9.17) is 5.53 Å². The first-order chi connectivity index (χ1) is 7.97. The van der Waals surface area contributed by atoms with Gasteiger partial charge in [0, 0.05) is 36.8 Å². The van der Waals surface area contributed by atoms with Gasteiger partial charge in [0.1, 0.15) is 0 Å². The summed E-state index contributed by atoms with van der Waals surface area (Å²) in [6.45, 7) is 0. The molecule has 0 aliphatic rings. The van der Waals surface area contributed by atoms with Gasteiger partial charge in [-0.3, -0.25) is 14.9 Å². The van der Waals surface area contributed by atoms with Gasteiger partial charge in [0.2, 0.25) is 0 Å². The molecule has 1 rings (SSSR count). The minimum atomic E-state index is -0.847. The molecule has 0 aromatic heterocycles. The smallest absolute Gasteiger partial charge is 0.270 e. The number of nitrogens with zero attached hydrogens (tertiary/aromatic N) is 5. The van der Waals surface area contributed by atoms with Crippen molar-refractivity contribution in [3.63, 3.8) is 0 Å². The number of carbonyl (C=O) groups is 1. The number of azide groups is 1. The Kier molecular flexibility index (Phi) is 3.63. The van der Waals surface area contributed by atoms with Gasteiger partial charge in [0.05, 0.1) is 10.5 Å². The molecule has 0 heterocycles. The lowest BCUT2D eigenvalue weighted by Crippen LogP contribution is -2.13. The molecule has 8 heteroatoms. The fraction of sp³-hybridized carbons (Fsp3) is 0.222. The minimum absolute atomic E-state index is 0.00185. The molecular weight excluding hydrogens is 226 g/mol. The van der Waals surface area contributed by atoms with Crippen LogP contribution in [0, 0.1) is 10.1 Å². The molecule has 0 N–H and O–H groups in total. The SMILES string of the molecule is CN(C)c1ccc([N+](=O)[O-])cc1C(=O)N=[N+]=[N-]. The number of nitro groups is 1. The normalized spacial score (nSPS) is 9.29. The van der Waals surface area contributed by atoms with Crippen LogP contribution >= 0.6 is 0 Å². The van der Waals surface area contributed by atoms with Gasteiger partial charge in [0.25, 0.3) is 11.6 Å². The average Bonchev–Trinajstić information content (AvgIpc) is 2.28. The van der Waals surface area contributed by atoms with Crippen LogP contribution in [0.3, 0.4) is 0 Å². The third-order valence-corrected chi connectivity index (χ3v) is 2.04. The number of anilines is 1. The van der Waals surface area contributed by atoms with Crippen molar-refractivity contribution in [3.05, 3.63) is 44.3 Å². The Labute approximate surface area is 96.2 Å². The lowest BCUT2D eigenvalue weighted by atomic mass is 10.1. The number of hydrogen-bond acceptors (Lipinski definition) is 4. The summed E-state index contributed by atoms with van der Waals surface area (Å²) in [5.41, 5.74) is 8.42. The molecule has 0 unspecified atom stereocenters. The number of non-ortho nitro benzene ring substituents is 1. The summed E-state index contributed by atoms with van der Waals surface area (Å²) in [5.74, 6) is -0.847. The first-order valence-electron chi connectivity index (χ1n) is 4.52. The molecule has 0 atom stereocenters. The summed E-state index contributed by atoms with van der Waals surface area (Å²) in [7, 11) is 3.35. The van der Waals surface area contributed by atoms with Gasteiger partial charge >= 0.3 is 0 Å². The van der Waals surface area contributed by atoms with Gasteiger partial charge < -0.3 is 4.90 Å². The fourth-order valence-corrected chi connectivity index (χ4v) is 1.29. The van der Waals surface area contributed by atoms with Crippen molar-refractivity contribution in [1.29, 1.82) is 0 Å². The van der Waals surface area contributed by atoms with E-state index in [2.05, 4.69) is 10.0 Å². The highest BCUT2D eigenvalue weighted by Crippen LogP contribution is 2.24. The van der Waals surface area contributed by atoms with E-state index in [0.29, 0.717) is 5.69 Å². The van der Waals surface area contributed by atoms with Crippen molar-refractivity contribution in [1.82, 2.24) is 0 Å². The molecule has 0 radical (unpaired) electrons. The topological polar surface area (TPSA) is 112 Å². The Balaban J connectivity index is 3.39. The van der Waals surface area contributed by atoms with Crippen LogP contribution in [-0.2, 0) is 0 Å². The predicted octanol–water partition coefficient (Wildman–Crippen LogP) is 2.11. The lowest BCUT2D eigenvalue weighted by molar-refractivity contribution is -0.384. The second-order valence-corrected chi connectivity index (χ2v) is 3.35. The molecule has 0 saturated carbocycles. The molecule has 1 amide bonds. The molecule has 0 aliphatic heterocycles. The maximum Gasteiger partial charge on any atom is 0.270 e. The minimum Gasteiger partial charge on any atom is -0.377 e. The summed E-state index contributed by atoms with van der Waals surface area (Å²) in [5, 5.41) is 13.5. The van der Waals surface area contributed by atoms with Gasteiger partial charge in [-0.1, -0.05) is 0 Å². The Morgan fingerprint density at radius 2 is 2.18 bits per heavy atom. The number of benzene rings is 1. The largest absolute Gasteiger partial charge is 0.377 e. The monoisotopic (exact) mass is 235 g/mol. The highest BCUT2D eigenvalue weighted by Gasteiger charge is 2.16. The van der Waals surface area contributed by atoms with E-state index < -0.39 is 10.8 Å². The van der Waals surface area contributed by atoms with Gasteiger partial charge in [-0.2, -0.15) is 0 Å². The molecule has 88 valence electrons. The summed E-state index contributed by atoms with van der Waals surface area (Å²) < 4.78 is 0. The highest BCUT2D eigenvalue weighted by molar-refractivity contribution is 6.01. The van der Waals surface area contributed by atoms with Crippen LogP contribution in [-0.4, -0.2) is 24.9 Å². The van der Waals surface area contributed by atoms with Crippen molar-refractivity contribution in [3.8, 4) is 0 Å². The summed E-state index contributed by atoms with van der Waals surface area (Å²) in [6.07, 6.45) is 0. The van der Waals surface area contributed by atoms with E-state index in [1.54, 1.807) is 19.0 Å². The van der Waals surface area contributed by atoms with Crippen LogP contribution in [0.5, 0.6) is 0 Å². The van der Waals surface area contributed by atoms with Crippen molar-refractivity contribution >= 4 is 17.3 Å². The molecule has 8 nitrogen and oxygen atoms in total. The quantitative estimate of drug-likeness (QED) is 0.262. The lowest BCUT2D eigenvalue weighted by Gasteiger charge is -2.15. The molecule has 0 saturated heterocycles. The maximum atomic E-state index is 11.5. The van der Waals surface area contributed by atoms with Crippen LogP contribution < -0.4 is 4.90 Å². The molecule has 0 aliphatic carbocycles. The first kappa shape index (κ1) is 12.5. The van der Waals surface area contributed by atoms with Gasteiger partial charge in [0.15, 0.2) is 0 Å². The molecule has 17 heavy (non-hydrogen) atoms. The first-order valence-corrected chi connectivity index (χ1v) is 4.52. The van der Waals surface area contributed by atoms with Gasteiger partial charge in [-0.15, -0.1) is 0 Å². The molecule has 0 fully saturated rings. The van der Waals surface area contributed by atoms with Crippen molar-refractivity contribution in [2.75, 3.05) is 19.0 Å². The van der Waals surface area contributed by atoms with Crippen LogP contribution in [0.25, 0.3) is 10.4 Å². The Morgan fingerprint density at radius 3 is 2.65 bits per heavy atom. The zero-order valence-corrected chi connectivity index (χ0v) is 9.19. The summed E-state index contributed by atoms with van der Waals surface area (Å²) in [4.78, 5) is 25.4. The standard InChI is InChI=1S/C9H9N5O3/c1-13(2)8-4-3-6(14(16)17)5-7(8)9(15)11-12-10/h3-5H,1-2H3. The number of hydrogen-bond donors (Lipinski definition) is 0. The van der Waals surface area contributed by atoms with Crippen molar-refractivity contribution in [2.24, 2.45) is 5.11 Å². The number of rotatable bonds is 3. The van der Waals surface area contributed by atoms with Gasteiger partial charge in [-0.25, -0.2) is 0 Å². The second-order valence-electron chi connectivity index (χ2n) is 3.35. The number of amides is 1. The zero-order chi connectivity index (χ0) is 13.0. The Bertz CT molecular complexity index is 519. The molecule has 1 aromatic carbocycles. The van der Waals surface area contributed by atoms with Crippen LogP contribution in [0.2, 0.25) is 0 Å². The fourth-order valence-electron chi connectivity index (χ4n) is 1.29. The van der Waals surface area contributed by atoms with E-state index in [1.165, 1.54) is 12.1 Å². The van der Waals surface area contributed by atoms with E-state index in [9.17, 15) is 14.9 Å². The van der Waals surface area contributed by atoms with Crippen LogP contribution in [0.4, 0.5) is 11.4 Å². The van der Waals surface area contributed by atoms with Crippen molar-refractivity contribution < 1.29 is 9.72 Å². The van der Waals surface area contributed by atoms with Gasteiger partial charge in [-0.05, 0) is 16.7 Å². The number of nitro benzene ring substituents is 1. The molecule has 0 spiro atoms. The molecular formula is C9H9N5O3. The Morgan fingerprint density at radius 1 is 1.53 bits per heavy atom. The van der Waals surface area contributed by atoms with Crippen LogP contribution in [0.1, 0.15) is 10.4 Å². The molecule has 0 bridgehead atoms. The maximum absolute atomic E-state index is 11.5. The predicted molar refractivity (Wildman–Crippen MR) is 60.9 cm³/mol.